The highest BCUT2D eigenvalue weighted by atomic mass is 35.5. The Morgan fingerprint density at radius 3 is 2.74 bits per heavy atom. The standard InChI is InChI=1S/C23H17ClF2N4O4/c1-2-29(15-6-7-17-18(11-15)34-23(25,26)33-17)19(31)12-30-22(32)16-8-9-27-21(16)20(28-30)13-4-3-5-14(24)10-13/h3-11,27H,2,12H2,1H3. The monoisotopic (exact) mass is 486 g/mol. The number of nitrogens with one attached hydrogen (secondary N) is 1. The van der Waals surface area contributed by atoms with Gasteiger partial charge in [0.05, 0.1) is 10.9 Å². The lowest BCUT2D eigenvalue weighted by atomic mass is 10.1. The molecule has 2 aromatic heterocycles. The smallest absolute Gasteiger partial charge is 0.395 e. The van der Waals surface area contributed by atoms with Crippen molar-refractivity contribution in [3.05, 3.63) is 70.1 Å². The Labute approximate surface area is 196 Å². The Kier molecular flexibility index (Phi) is 5.24. The lowest BCUT2D eigenvalue weighted by molar-refractivity contribution is -0.286. The zero-order valence-electron chi connectivity index (χ0n) is 17.7. The topological polar surface area (TPSA) is 89.5 Å². The van der Waals surface area contributed by atoms with E-state index in [1.165, 1.54) is 23.1 Å². The molecule has 0 atom stereocenters. The first-order valence-corrected chi connectivity index (χ1v) is 10.7. The molecule has 1 N–H and O–H groups in total. The molecule has 34 heavy (non-hydrogen) atoms. The fourth-order valence-electron chi connectivity index (χ4n) is 3.87. The summed E-state index contributed by atoms with van der Waals surface area (Å²) in [5.74, 6) is -0.769. The number of aromatic nitrogens is 3. The van der Waals surface area contributed by atoms with Gasteiger partial charge in [-0.2, -0.15) is 5.10 Å². The molecule has 11 heteroatoms. The molecule has 0 fully saturated rings. The van der Waals surface area contributed by atoms with Gasteiger partial charge in [-0.15, -0.1) is 8.78 Å². The Morgan fingerprint density at radius 2 is 1.97 bits per heavy atom. The molecular weight excluding hydrogens is 470 g/mol. The van der Waals surface area contributed by atoms with Crippen LogP contribution in [-0.4, -0.2) is 33.5 Å². The van der Waals surface area contributed by atoms with E-state index in [1.54, 1.807) is 43.5 Å². The molecule has 4 aromatic rings. The summed E-state index contributed by atoms with van der Waals surface area (Å²) < 4.78 is 36.7. The van der Waals surface area contributed by atoms with E-state index in [2.05, 4.69) is 19.6 Å². The summed E-state index contributed by atoms with van der Waals surface area (Å²) >= 11 is 6.13. The van der Waals surface area contributed by atoms with Gasteiger partial charge in [0, 0.05) is 35.1 Å². The predicted octanol–water partition coefficient (Wildman–Crippen LogP) is 4.42. The van der Waals surface area contributed by atoms with Crippen molar-refractivity contribution in [2.24, 2.45) is 0 Å². The van der Waals surface area contributed by atoms with Gasteiger partial charge in [-0.25, -0.2) is 4.68 Å². The zero-order valence-corrected chi connectivity index (χ0v) is 18.5. The minimum Gasteiger partial charge on any atom is -0.395 e. The Morgan fingerprint density at radius 1 is 1.18 bits per heavy atom. The molecule has 0 radical (unpaired) electrons. The van der Waals surface area contributed by atoms with E-state index in [-0.39, 0.29) is 24.6 Å². The van der Waals surface area contributed by atoms with Crippen molar-refractivity contribution >= 4 is 34.1 Å². The van der Waals surface area contributed by atoms with Crippen LogP contribution in [0.3, 0.4) is 0 Å². The minimum absolute atomic E-state index is 0.126. The third-order valence-corrected chi connectivity index (χ3v) is 5.60. The summed E-state index contributed by atoms with van der Waals surface area (Å²) in [5.41, 5.74) is 1.53. The third kappa shape index (κ3) is 3.86. The Bertz CT molecular complexity index is 1480. The first-order chi connectivity index (χ1) is 16.3. The van der Waals surface area contributed by atoms with Crippen LogP contribution in [0.4, 0.5) is 14.5 Å². The summed E-state index contributed by atoms with van der Waals surface area (Å²) in [5, 5.41) is 5.30. The first-order valence-electron chi connectivity index (χ1n) is 10.3. The Balaban J connectivity index is 1.50. The number of halogens is 3. The molecule has 1 aliphatic heterocycles. The first kappa shape index (κ1) is 21.9. The molecule has 1 aliphatic rings. The highest BCUT2D eigenvalue weighted by molar-refractivity contribution is 6.30. The number of alkyl halides is 2. The largest absolute Gasteiger partial charge is 0.586 e. The maximum absolute atomic E-state index is 13.4. The maximum atomic E-state index is 13.4. The molecule has 0 aliphatic carbocycles. The van der Waals surface area contributed by atoms with Crippen LogP contribution in [0.5, 0.6) is 11.5 Å². The van der Waals surface area contributed by atoms with Crippen molar-refractivity contribution in [1.29, 1.82) is 0 Å². The normalized spacial score (nSPS) is 13.9. The Hall–Kier alpha value is -3.92. The average Bonchev–Trinajstić information content (AvgIpc) is 3.39. The third-order valence-electron chi connectivity index (χ3n) is 5.37. The second-order valence-electron chi connectivity index (χ2n) is 7.52. The van der Waals surface area contributed by atoms with Crippen molar-refractivity contribution in [2.45, 2.75) is 19.8 Å². The summed E-state index contributed by atoms with van der Waals surface area (Å²) in [6, 6.07) is 12.7. The average molecular weight is 487 g/mol. The highest BCUT2D eigenvalue weighted by Gasteiger charge is 2.43. The molecule has 0 bridgehead atoms. The SMILES string of the molecule is CCN(C(=O)Cn1nc(-c2cccc(Cl)c2)c2[nH]ccc2c1=O)c1ccc2c(c1)OC(F)(F)O2. The summed E-state index contributed by atoms with van der Waals surface area (Å²) in [4.78, 5) is 30.5. The number of likely N-dealkylation sites (N-methyl/N-ethyl adjacent to an activating group) is 1. The number of amides is 1. The van der Waals surface area contributed by atoms with Crippen LogP contribution in [-0.2, 0) is 11.3 Å². The van der Waals surface area contributed by atoms with Crippen molar-refractivity contribution in [1.82, 2.24) is 14.8 Å². The number of H-pyrrole nitrogens is 1. The maximum Gasteiger partial charge on any atom is 0.586 e. The van der Waals surface area contributed by atoms with Gasteiger partial charge in [0.25, 0.3) is 5.56 Å². The highest BCUT2D eigenvalue weighted by Crippen LogP contribution is 2.42. The van der Waals surface area contributed by atoms with Crippen molar-refractivity contribution in [3.63, 3.8) is 0 Å². The molecule has 8 nitrogen and oxygen atoms in total. The molecule has 0 saturated carbocycles. The molecule has 5 rings (SSSR count). The number of hydrogen-bond acceptors (Lipinski definition) is 5. The van der Waals surface area contributed by atoms with Gasteiger partial charge in [0.1, 0.15) is 12.2 Å². The fraction of sp³-hybridized carbons (Fsp3) is 0.174. The summed E-state index contributed by atoms with van der Waals surface area (Å²) in [6.07, 6.45) is -2.14. The van der Waals surface area contributed by atoms with E-state index in [1.807, 2.05) is 0 Å². The molecule has 174 valence electrons. The number of anilines is 1. The number of carbonyl (C=O) groups is 1. The molecule has 1 amide bonds. The lowest BCUT2D eigenvalue weighted by Gasteiger charge is -2.21. The van der Waals surface area contributed by atoms with Crippen molar-refractivity contribution in [2.75, 3.05) is 11.4 Å². The van der Waals surface area contributed by atoms with Gasteiger partial charge < -0.3 is 19.4 Å². The van der Waals surface area contributed by atoms with Gasteiger partial charge in [-0.1, -0.05) is 23.7 Å². The lowest BCUT2D eigenvalue weighted by Crippen LogP contribution is -2.37. The van der Waals surface area contributed by atoms with Crippen molar-refractivity contribution < 1.29 is 23.0 Å². The van der Waals surface area contributed by atoms with Crippen LogP contribution in [0.15, 0.2) is 59.5 Å². The number of hydrogen-bond donors (Lipinski definition) is 1. The second-order valence-corrected chi connectivity index (χ2v) is 7.96. The number of carbonyl (C=O) groups excluding carboxylic acids is 1. The van der Waals surface area contributed by atoms with E-state index in [9.17, 15) is 18.4 Å². The van der Waals surface area contributed by atoms with Crippen LogP contribution in [0, 0.1) is 0 Å². The summed E-state index contributed by atoms with van der Waals surface area (Å²) in [7, 11) is 0. The van der Waals surface area contributed by atoms with Crippen LogP contribution in [0.2, 0.25) is 5.02 Å². The number of fused-ring (bicyclic) bond motifs is 2. The molecule has 0 unspecified atom stereocenters. The van der Waals surface area contributed by atoms with Crippen LogP contribution in [0.1, 0.15) is 6.92 Å². The quantitative estimate of drug-likeness (QED) is 0.451. The van der Waals surface area contributed by atoms with Gasteiger partial charge >= 0.3 is 6.29 Å². The second kappa shape index (κ2) is 8.14. The summed E-state index contributed by atoms with van der Waals surface area (Å²) in [6.45, 7) is 1.57. The molecule has 2 aromatic carbocycles. The number of nitrogens with zero attached hydrogens (tertiary/aromatic N) is 3. The zero-order chi connectivity index (χ0) is 24.0. The van der Waals surface area contributed by atoms with Crippen LogP contribution in [0.25, 0.3) is 22.2 Å². The van der Waals surface area contributed by atoms with E-state index in [4.69, 9.17) is 11.6 Å². The van der Waals surface area contributed by atoms with E-state index in [0.29, 0.717) is 32.9 Å². The molecule has 0 spiro atoms. The number of benzene rings is 2. The number of ether oxygens (including phenoxy) is 2. The predicted molar refractivity (Wildman–Crippen MR) is 121 cm³/mol. The molecule has 3 heterocycles. The number of aromatic amines is 1. The van der Waals surface area contributed by atoms with Gasteiger partial charge in [0.2, 0.25) is 5.91 Å². The van der Waals surface area contributed by atoms with E-state index < -0.39 is 17.8 Å². The molecule has 0 saturated heterocycles. The van der Waals surface area contributed by atoms with Crippen molar-refractivity contribution in [3.8, 4) is 22.8 Å². The van der Waals surface area contributed by atoms with Crippen LogP contribution >= 0.6 is 11.6 Å². The van der Waals surface area contributed by atoms with Gasteiger partial charge in [-0.05, 0) is 37.3 Å². The minimum atomic E-state index is -3.76. The van der Waals surface area contributed by atoms with E-state index in [0.717, 1.165) is 4.68 Å². The van der Waals surface area contributed by atoms with Crippen LogP contribution < -0.4 is 19.9 Å². The van der Waals surface area contributed by atoms with Gasteiger partial charge in [0.15, 0.2) is 11.5 Å². The number of rotatable bonds is 5. The fourth-order valence-corrected chi connectivity index (χ4v) is 4.06. The molecular formula is C23H17ClF2N4O4. The van der Waals surface area contributed by atoms with E-state index >= 15 is 0 Å². The van der Waals surface area contributed by atoms with Gasteiger partial charge in [-0.3, -0.25) is 9.59 Å².